The normalized spacial score (nSPS) is 18.2. The molecule has 1 heterocycles. The van der Waals surface area contributed by atoms with Gasteiger partial charge < -0.3 is 9.80 Å². The number of anilines is 1. The Balaban J connectivity index is 2.26. The first-order valence-corrected chi connectivity index (χ1v) is 6.52. The van der Waals surface area contributed by atoms with Crippen LogP contribution in [0.15, 0.2) is 18.2 Å². The zero-order valence-corrected chi connectivity index (χ0v) is 10.9. The van der Waals surface area contributed by atoms with E-state index in [4.69, 9.17) is 11.6 Å². The van der Waals surface area contributed by atoms with E-state index in [1.807, 2.05) is 6.07 Å². The molecule has 0 amide bonds. The summed E-state index contributed by atoms with van der Waals surface area (Å²) in [4.78, 5) is 4.40. The molecule has 0 radical (unpaired) electrons. The quantitative estimate of drug-likeness (QED) is 0.751. The highest BCUT2D eigenvalue weighted by atomic mass is 35.5. The highest BCUT2D eigenvalue weighted by Crippen LogP contribution is 2.26. The van der Waals surface area contributed by atoms with E-state index in [0.717, 1.165) is 38.2 Å². The van der Waals surface area contributed by atoms with E-state index in [1.54, 1.807) is 6.07 Å². The second-order valence-corrected chi connectivity index (χ2v) is 4.79. The van der Waals surface area contributed by atoms with Crippen molar-refractivity contribution in [1.82, 2.24) is 4.90 Å². The number of halogens is 2. The lowest BCUT2D eigenvalue weighted by Crippen LogP contribution is -2.30. The summed E-state index contributed by atoms with van der Waals surface area (Å²) < 4.78 is 13.9. The Kier molecular flexibility index (Phi) is 4.24. The van der Waals surface area contributed by atoms with Gasteiger partial charge in [-0.2, -0.15) is 0 Å². The third-order valence-electron chi connectivity index (χ3n) is 3.25. The second kappa shape index (κ2) is 5.69. The predicted octanol–water partition coefficient (Wildman–Crippen LogP) is 2.71. The molecule has 17 heavy (non-hydrogen) atoms. The summed E-state index contributed by atoms with van der Waals surface area (Å²) in [5.41, 5.74) is 1.58. The van der Waals surface area contributed by atoms with Crippen molar-refractivity contribution in [3.05, 3.63) is 29.6 Å². The van der Waals surface area contributed by atoms with E-state index in [-0.39, 0.29) is 5.82 Å². The van der Waals surface area contributed by atoms with Gasteiger partial charge in [-0.3, -0.25) is 0 Å². The molecule has 0 aliphatic carbocycles. The van der Waals surface area contributed by atoms with Crippen molar-refractivity contribution in [3.63, 3.8) is 0 Å². The summed E-state index contributed by atoms with van der Waals surface area (Å²) in [5.74, 6) is 0.201. The van der Waals surface area contributed by atoms with Crippen molar-refractivity contribution in [2.24, 2.45) is 0 Å². The third-order valence-corrected chi connectivity index (χ3v) is 3.54. The Labute approximate surface area is 107 Å². The number of alkyl halides is 1. The van der Waals surface area contributed by atoms with Crippen LogP contribution in [0.3, 0.4) is 0 Å². The molecule has 1 saturated heterocycles. The van der Waals surface area contributed by atoms with Crippen molar-refractivity contribution in [3.8, 4) is 0 Å². The topological polar surface area (TPSA) is 6.48 Å². The summed E-state index contributed by atoms with van der Waals surface area (Å²) in [5, 5.41) is 0. The molecular weight excluding hydrogens is 239 g/mol. The SMILES string of the molecule is CN1CCCN(c2c(F)cccc2CCl)CC1. The molecule has 1 fully saturated rings. The molecule has 0 N–H and O–H groups in total. The van der Waals surface area contributed by atoms with Crippen molar-refractivity contribution in [2.75, 3.05) is 38.1 Å². The zero-order valence-electron chi connectivity index (χ0n) is 10.1. The van der Waals surface area contributed by atoms with Gasteiger partial charge in [-0.1, -0.05) is 12.1 Å². The lowest BCUT2D eigenvalue weighted by Gasteiger charge is -2.25. The van der Waals surface area contributed by atoms with Crippen molar-refractivity contribution in [1.29, 1.82) is 0 Å². The second-order valence-electron chi connectivity index (χ2n) is 4.53. The fourth-order valence-electron chi connectivity index (χ4n) is 2.29. The molecule has 1 aromatic carbocycles. The predicted molar refractivity (Wildman–Crippen MR) is 70.3 cm³/mol. The number of benzene rings is 1. The highest BCUT2D eigenvalue weighted by molar-refractivity contribution is 6.17. The first kappa shape index (κ1) is 12.7. The molecule has 4 heteroatoms. The third kappa shape index (κ3) is 2.90. The highest BCUT2D eigenvalue weighted by Gasteiger charge is 2.18. The summed E-state index contributed by atoms with van der Waals surface area (Å²) in [7, 11) is 2.10. The zero-order chi connectivity index (χ0) is 12.3. The molecule has 0 atom stereocenters. The number of para-hydroxylation sites is 1. The number of hydrogen-bond acceptors (Lipinski definition) is 2. The van der Waals surface area contributed by atoms with Gasteiger partial charge in [0.2, 0.25) is 0 Å². The fraction of sp³-hybridized carbons (Fsp3) is 0.538. The van der Waals surface area contributed by atoms with E-state index in [1.165, 1.54) is 6.07 Å². The summed E-state index contributed by atoms with van der Waals surface area (Å²) >= 11 is 5.89. The van der Waals surface area contributed by atoms with Crippen LogP contribution in [-0.2, 0) is 5.88 Å². The molecule has 1 aliphatic heterocycles. The summed E-state index contributed by atoms with van der Waals surface area (Å²) in [6.07, 6.45) is 1.06. The van der Waals surface area contributed by atoms with Crippen LogP contribution < -0.4 is 4.90 Å². The minimum absolute atomic E-state index is 0.160. The van der Waals surface area contributed by atoms with Gasteiger partial charge in [0.25, 0.3) is 0 Å². The molecule has 0 spiro atoms. The van der Waals surface area contributed by atoms with Gasteiger partial charge in [-0.05, 0) is 31.6 Å². The Hall–Kier alpha value is -0.800. The monoisotopic (exact) mass is 256 g/mol. The van der Waals surface area contributed by atoms with Crippen molar-refractivity contribution in [2.45, 2.75) is 12.3 Å². The van der Waals surface area contributed by atoms with Gasteiger partial charge in [0.1, 0.15) is 5.82 Å². The number of hydrogen-bond donors (Lipinski definition) is 0. The maximum atomic E-state index is 13.9. The van der Waals surface area contributed by atoms with Gasteiger partial charge in [0, 0.05) is 25.5 Å². The number of rotatable bonds is 2. The van der Waals surface area contributed by atoms with Crippen LogP contribution in [0.25, 0.3) is 0 Å². The smallest absolute Gasteiger partial charge is 0.146 e. The van der Waals surface area contributed by atoms with Gasteiger partial charge in [0.15, 0.2) is 0 Å². The van der Waals surface area contributed by atoms with Gasteiger partial charge >= 0.3 is 0 Å². The maximum absolute atomic E-state index is 13.9. The molecule has 1 aromatic rings. The molecule has 2 rings (SSSR count). The molecule has 0 unspecified atom stereocenters. The van der Waals surface area contributed by atoms with E-state index >= 15 is 0 Å². The van der Waals surface area contributed by atoms with E-state index in [9.17, 15) is 4.39 Å². The summed E-state index contributed by atoms with van der Waals surface area (Å²) in [6.45, 7) is 3.80. The van der Waals surface area contributed by atoms with Crippen LogP contribution in [0.1, 0.15) is 12.0 Å². The Morgan fingerprint density at radius 2 is 2.06 bits per heavy atom. The van der Waals surface area contributed by atoms with Gasteiger partial charge in [0.05, 0.1) is 5.69 Å². The van der Waals surface area contributed by atoms with Crippen LogP contribution in [0.5, 0.6) is 0 Å². The van der Waals surface area contributed by atoms with Crippen molar-refractivity contribution < 1.29 is 4.39 Å². The first-order chi connectivity index (χ1) is 8.22. The number of nitrogens with zero attached hydrogens (tertiary/aromatic N) is 2. The standard InChI is InChI=1S/C13H18ClFN2/c1-16-6-3-7-17(9-8-16)13-11(10-14)4-2-5-12(13)15/h2,4-5H,3,6-10H2,1H3. The van der Waals surface area contributed by atoms with Gasteiger partial charge in [-0.15, -0.1) is 11.6 Å². The van der Waals surface area contributed by atoms with E-state index in [0.29, 0.717) is 11.6 Å². The average molecular weight is 257 g/mol. The van der Waals surface area contributed by atoms with Crippen LogP contribution >= 0.6 is 11.6 Å². The molecule has 0 bridgehead atoms. The van der Waals surface area contributed by atoms with Crippen molar-refractivity contribution >= 4 is 17.3 Å². The summed E-state index contributed by atoms with van der Waals surface area (Å²) in [6, 6.07) is 5.14. The lowest BCUT2D eigenvalue weighted by molar-refractivity contribution is 0.360. The number of likely N-dealkylation sites (N-methyl/N-ethyl adjacent to an activating group) is 1. The van der Waals surface area contributed by atoms with E-state index < -0.39 is 0 Å². The minimum atomic E-state index is -0.160. The Morgan fingerprint density at radius 1 is 1.24 bits per heavy atom. The molecular formula is C13H18ClFN2. The molecule has 0 saturated carbocycles. The molecule has 0 aromatic heterocycles. The van der Waals surface area contributed by atoms with Gasteiger partial charge in [-0.25, -0.2) is 4.39 Å². The van der Waals surface area contributed by atoms with Crippen LogP contribution in [0, 0.1) is 5.82 Å². The maximum Gasteiger partial charge on any atom is 0.146 e. The fourth-order valence-corrected chi connectivity index (χ4v) is 2.51. The van der Waals surface area contributed by atoms with E-state index in [2.05, 4.69) is 16.8 Å². The average Bonchev–Trinajstić information content (AvgIpc) is 2.54. The molecule has 2 nitrogen and oxygen atoms in total. The molecule has 1 aliphatic rings. The largest absolute Gasteiger partial charge is 0.368 e. The van der Waals surface area contributed by atoms with Crippen LogP contribution in [0.2, 0.25) is 0 Å². The first-order valence-electron chi connectivity index (χ1n) is 5.99. The van der Waals surface area contributed by atoms with Crippen LogP contribution in [-0.4, -0.2) is 38.1 Å². The minimum Gasteiger partial charge on any atom is -0.368 e. The lowest BCUT2D eigenvalue weighted by atomic mass is 10.1. The van der Waals surface area contributed by atoms with Crippen LogP contribution in [0.4, 0.5) is 10.1 Å². The Morgan fingerprint density at radius 3 is 2.82 bits per heavy atom. The molecule has 94 valence electrons. The Bertz CT molecular complexity index is 384.